The number of carbonyl (C=O) groups is 1. The van der Waals surface area contributed by atoms with Gasteiger partial charge >= 0.3 is 29.6 Å². The summed E-state index contributed by atoms with van der Waals surface area (Å²) in [6.45, 7) is 0. The molecule has 1 heterocycles. The Kier molecular flexibility index (Phi) is 10.5. The van der Waals surface area contributed by atoms with Crippen LogP contribution in [0.4, 0.5) is 0 Å². The number of carbonyl (C=O) groups excluding carboxylic acids is 1. The molecule has 2 aromatic rings. The SMILES string of the molecule is O=C([O-])c1ccccc1-c1c2cc(I)c(=O)c(I)c-2oc2c(I)c([O-])c(I)cc12.[Na+].[Na]. The van der Waals surface area contributed by atoms with Gasteiger partial charge in [0.25, 0.3) is 0 Å². The maximum Gasteiger partial charge on any atom is 1.00 e. The fourth-order valence-corrected chi connectivity index (χ4v) is 6.73. The second-order valence-corrected chi connectivity index (χ2v) is 10.5. The summed E-state index contributed by atoms with van der Waals surface area (Å²) in [5.74, 6) is -1.16. The zero-order chi connectivity index (χ0) is 21.0. The molecule has 1 aliphatic heterocycles. The summed E-state index contributed by atoms with van der Waals surface area (Å²) < 4.78 is 7.79. The summed E-state index contributed by atoms with van der Waals surface area (Å²) in [5, 5.41) is 24.9. The molecule has 11 heteroatoms. The number of fused-ring (bicyclic) bond motifs is 2. The van der Waals surface area contributed by atoms with E-state index in [0.29, 0.717) is 47.7 Å². The number of carboxylic acid groups (broad SMARTS) is 1. The first-order chi connectivity index (χ1) is 13.7. The van der Waals surface area contributed by atoms with Gasteiger partial charge in [-0.05, 0) is 108 Å². The summed E-state index contributed by atoms with van der Waals surface area (Å²) in [6.07, 6.45) is 0. The second-order valence-electron chi connectivity index (χ2n) is 6.07. The third-order valence-corrected chi connectivity index (χ3v) is 7.98. The smallest absolute Gasteiger partial charge is 0.871 e. The van der Waals surface area contributed by atoms with E-state index in [-0.39, 0.29) is 75.9 Å². The number of halogens is 4. The molecule has 0 N–H and O–H groups in total. The second kappa shape index (κ2) is 11.4. The van der Waals surface area contributed by atoms with E-state index in [1.165, 1.54) is 6.07 Å². The maximum absolute atomic E-state index is 12.5. The Bertz CT molecular complexity index is 1370. The summed E-state index contributed by atoms with van der Waals surface area (Å²) >= 11 is 7.76. The number of benzene rings is 3. The molecule has 31 heavy (non-hydrogen) atoms. The molecular formula is C20H6I4Na2O5-. The zero-order valence-corrected chi connectivity index (χ0v) is 28.6. The van der Waals surface area contributed by atoms with Crippen molar-refractivity contribution in [3.8, 4) is 28.2 Å². The molecule has 2 aliphatic rings. The summed E-state index contributed by atoms with van der Waals surface area (Å²) in [6, 6.07) is 9.90. The quantitative estimate of drug-likeness (QED) is 0.171. The molecule has 1 aliphatic carbocycles. The van der Waals surface area contributed by atoms with Crippen molar-refractivity contribution < 1.29 is 49.0 Å². The summed E-state index contributed by atoms with van der Waals surface area (Å²) in [7, 11) is 0. The van der Waals surface area contributed by atoms with Crippen LogP contribution in [0, 0.1) is 14.3 Å². The third kappa shape index (κ3) is 5.15. The fourth-order valence-electron chi connectivity index (χ4n) is 3.16. The van der Waals surface area contributed by atoms with Crippen LogP contribution in [0.5, 0.6) is 5.75 Å². The standard InChI is InChI=1S/C20H8I4O5.2Na/c21-11-5-9-13(7-3-1-2-4-8(7)20(27)28)10-6-12(22)17(26)15(24)19(10)29-18(9)14(23)16(11)25;;/h1-6,25H,(H,27,28);;/q;;+1/p-2. The Morgan fingerprint density at radius 1 is 0.935 bits per heavy atom. The molecule has 0 saturated heterocycles. The zero-order valence-electron chi connectivity index (χ0n) is 16.0. The van der Waals surface area contributed by atoms with Gasteiger partial charge in [0.05, 0.1) is 9.54 Å². The molecule has 0 amide bonds. The van der Waals surface area contributed by atoms with E-state index in [1.54, 1.807) is 30.3 Å². The fraction of sp³-hybridized carbons (Fsp3) is 0. The molecule has 0 atom stereocenters. The predicted molar refractivity (Wildman–Crippen MR) is 145 cm³/mol. The van der Waals surface area contributed by atoms with Crippen LogP contribution >= 0.6 is 90.4 Å². The number of rotatable bonds is 2. The maximum atomic E-state index is 12.5. The van der Waals surface area contributed by atoms with Crippen LogP contribution in [0.2, 0.25) is 0 Å². The minimum absolute atomic E-state index is 0. The largest absolute Gasteiger partial charge is 1.00 e. The average molecular weight is 880 g/mol. The molecule has 0 spiro atoms. The molecule has 0 aromatic heterocycles. The minimum atomic E-state index is -1.31. The third-order valence-electron chi connectivity index (χ3n) is 4.42. The van der Waals surface area contributed by atoms with Crippen LogP contribution in [0.3, 0.4) is 0 Å². The van der Waals surface area contributed by atoms with E-state index in [2.05, 4.69) is 0 Å². The van der Waals surface area contributed by atoms with Gasteiger partial charge < -0.3 is 19.4 Å². The molecule has 0 fully saturated rings. The summed E-state index contributed by atoms with van der Waals surface area (Å²) in [4.78, 5) is 24.3. The van der Waals surface area contributed by atoms with E-state index in [9.17, 15) is 19.8 Å². The monoisotopic (exact) mass is 880 g/mol. The van der Waals surface area contributed by atoms with Gasteiger partial charge in [-0.15, -0.1) is 0 Å². The molecule has 2 aromatic carbocycles. The van der Waals surface area contributed by atoms with Gasteiger partial charge in [0, 0.05) is 58.8 Å². The van der Waals surface area contributed by atoms with Crippen LogP contribution in [-0.4, -0.2) is 35.5 Å². The van der Waals surface area contributed by atoms with Crippen molar-refractivity contribution >= 4 is 137 Å². The van der Waals surface area contributed by atoms with Crippen molar-refractivity contribution in [1.82, 2.24) is 0 Å². The number of hydrogen-bond donors (Lipinski definition) is 0. The van der Waals surface area contributed by atoms with Gasteiger partial charge in [-0.1, -0.05) is 30.0 Å². The Balaban J connectivity index is 0.00000171. The normalized spacial score (nSPS) is 10.6. The molecule has 0 bridgehead atoms. The van der Waals surface area contributed by atoms with Crippen molar-refractivity contribution in [2.24, 2.45) is 0 Å². The Morgan fingerprint density at radius 3 is 2.23 bits per heavy atom. The molecule has 1 radical (unpaired) electrons. The van der Waals surface area contributed by atoms with Gasteiger partial charge in [-0.25, -0.2) is 0 Å². The number of aromatic carboxylic acids is 1. The van der Waals surface area contributed by atoms with E-state index < -0.39 is 5.97 Å². The molecule has 4 rings (SSSR count). The van der Waals surface area contributed by atoms with Crippen molar-refractivity contribution in [1.29, 1.82) is 0 Å². The first-order valence-corrected chi connectivity index (χ1v) is 12.3. The van der Waals surface area contributed by atoms with E-state index >= 15 is 0 Å². The van der Waals surface area contributed by atoms with Crippen LogP contribution in [0.15, 0.2) is 45.6 Å². The number of hydrogen-bond acceptors (Lipinski definition) is 5. The van der Waals surface area contributed by atoms with Crippen LogP contribution < -0.4 is 45.2 Å². The van der Waals surface area contributed by atoms with E-state index in [0.717, 1.165) is 0 Å². The van der Waals surface area contributed by atoms with Crippen LogP contribution in [-0.2, 0) is 0 Å². The average Bonchev–Trinajstić information content (AvgIpc) is 2.69. The van der Waals surface area contributed by atoms with Crippen LogP contribution in [0.1, 0.15) is 10.4 Å². The van der Waals surface area contributed by atoms with Crippen LogP contribution in [0.25, 0.3) is 33.4 Å². The minimum Gasteiger partial charge on any atom is -0.871 e. The van der Waals surface area contributed by atoms with Gasteiger partial charge in [0.2, 0.25) is 5.43 Å². The number of carboxylic acids is 1. The molecule has 0 saturated carbocycles. The predicted octanol–water partition coefficient (Wildman–Crippen LogP) is 1.04. The van der Waals surface area contributed by atoms with Gasteiger partial charge in [0.1, 0.15) is 9.15 Å². The first kappa shape index (κ1) is 28.6. The van der Waals surface area contributed by atoms with E-state index in [1.807, 2.05) is 90.4 Å². The topological polar surface area (TPSA) is 93.4 Å². The molecule has 0 unspecified atom stereocenters. The van der Waals surface area contributed by atoms with Crippen molar-refractivity contribution in [3.63, 3.8) is 0 Å². The Labute approximate surface area is 275 Å². The van der Waals surface area contributed by atoms with Crippen molar-refractivity contribution in [2.45, 2.75) is 0 Å². The van der Waals surface area contributed by atoms with Gasteiger partial charge in [-0.2, -0.15) is 0 Å². The van der Waals surface area contributed by atoms with Gasteiger partial charge in [0.15, 0.2) is 5.76 Å². The summed E-state index contributed by atoms with van der Waals surface area (Å²) in [5.41, 5.74) is 1.80. The molecule has 5 nitrogen and oxygen atoms in total. The molecular weight excluding hydrogens is 874 g/mol. The van der Waals surface area contributed by atoms with Gasteiger partial charge in [-0.3, -0.25) is 4.79 Å². The van der Waals surface area contributed by atoms with Crippen molar-refractivity contribution in [3.05, 3.63) is 66.5 Å². The molecule has 147 valence electrons. The Hall–Kier alpha value is 1.32. The van der Waals surface area contributed by atoms with Crippen molar-refractivity contribution in [2.75, 3.05) is 0 Å². The Morgan fingerprint density at radius 2 is 1.58 bits per heavy atom. The van der Waals surface area contributed by atoms with E-state index in [4.69, 9.17) is 4.42 Å². The first-order valence-electron chi connectivity index (χ1n) is 7.96.